The lowest BCUT2D eigenvalue weighted by atomic mass is 10.3. The van der Waals surface area contributed by atoms with E-state index in [0.29, 0.717) is 11.6 Å². The first-order valence-corrected chi connectivity index (χ1v) is 9.08. The van der Waals surface area contributed by atoms with Gasteiger partial charge in [-0.3, -0.25) is 0 Å². The third kappa shape index (κ3) is 2.62. The molecular weight excluding hydrogens is 346 g/mol. The number of hydrogen-bond donors (Lipinski definition) is 0. The predicted molar refractivity (Wildman–Crippen MR) is 100 cm³/mol. The highest BCUT2D eigenvalue weighted by Crippen LogP contribution is 2.29. The Morgan fingerprint density at radius 2 is 1.81 bits per heavy atom. The van der Waals surface area contributed by atoms with E-state index in [1.807, 2.05) is 59.3 Å². The van der Waals surface area contributed by atoms with E-state index in [1.165, 1.54) is 0 Å². The van der Waals surface area contributed by atoms with Crippen LogP contribution in [0.25, 0.3) is 27.8 Å². The predicted octanol–water partition coefficient (Wildman–Crippen LogP) is 4.25. The molecule has 0 saturated heterocycles. The Kier molecular flexibility index (Phi) is 3.64. The van der Waals surface area contributed by atoms with Crippen molar-refractivity contribution in [1.82, 2.24) is 24.7 Å². The van der Waals surface area contributed by atoms with Crippen LogP contribution in [0.5, 0.6) is 0 Å². The first kappa shape index (κ1) is 15.1. The van der Waals surface area contributed by atoms with Crippen LogP contribution in [-0.4, -0.2) is 24.7 Å². The molecule has 0 amide bonds. The summed E-state index contributed by atoms with van der Waals surface area (Å²) >= 11 is 1.57. The third-order valence-corrected chi connectivity index (χ3v) is 4.99. The summed E-state index contributed by atoms with van der Waals surface area (Å²) in [4.78, 5) is 13.3. The Morgan fingerprint density at radius 3 is 2.69 bits per heavy atom. The van der Waals surface area contributed by atoms with Crippen molar-refractivity contribution < 1.29 is 4.42 Å². The molecule has 5 aromatic rings. The standard InChI is InChI=1S/C19H13N5OS/c1-2-6-13(7-3-1)24-18-14(10-22-24)19(21-12-20-18)26-11-17-23-15-8-4-5-9-16(15)25-17/h1-10,12H,11H2. The molecule has 0 aliphatic rings. The summed E-state index contributed by atoms with van der Waals surface area (Å²) in [5.41, 5.74) is 3.42. The summed E-state index contributed by atoms with van der Waals surface area (Å²) in [6, 6.07) is 17.7. The van der Waals surface area contributed by atoms with Crippen molar-refractivity contribution >= 4 is 33.9 Å². The maximum absolute atomic E-state index is 5.78. The minimum atomic E-state index is 0.595. The monoisotopic (exact) mass is 359 g/mol. The second-order valence-corrected chi connectivity index (χ2v) is 6.64. The number of fused-ring (bicyclic) bond motifs is 2. The molecule has 0 fully saturated rings. The second-order valence-electron chi connectivity index (χ2n) is 5.67. The van der Waals surface area contributed by atoms with Crippen LogP contribution in [0, 0.1) is 0 Å². The van der Waals surface area contributed by atoms with Gasteiger partial charge in [-0.05, 0) is 24.3 Å². The summed E-state index contributed by atoms with van der Waals surface area (Å²) < 4.78 is 7.60. The van der Waals surface area contributed by atoms with Crippen molar-refractivity contribution in [3.05, 3.63) is 73.0 Å². The SMILES string of the molecule is c1ccc(-n2ncc3c(SCc4nc5ccccc5o4)ncnc32)cc1. The highest BCUT2D eigenvalue weighted by atomic mass is 32.2. The number of oxazole rings is 1. The van der Waals surface area contributed by atoms with Gasteiger partial charge in [0.05, 0.1) is 23.0 Å². The number of para-hydroxylation sites is 3. The number of rotatable bonds is 4. The fourth-order valence-corrected chi connectivity index (χ4v) is 3.61. The van der Waals surface area contributed by atoms with Gasteiger partial charge in [0, 0.05) is 0 Å². The van der Waals surface area contributed by atoms with E-state index in [-0.39, 0.29) is 0 Å². The van der Waals surface area contributed by atoms with E-state index in [9.17, 15) is 0 Å². The first-order chi connectivity index (χ1) is 12.9. The molecule has 0 aliphatic heterocycles. The minimum Gasteiger partial charge on any atom is -0.440 e. The minimum absolute atomic E-state index is 0.595. The average Bonchev–Trinajstić information content (AvgIpc) is 3.31. The Morgan fingerprint density at radius 1 is 0.962 bits per heavy atom. The first-order valence-electron chi connectivity index (χ1n) is 8.10. The summed E-state index contributed by atoms with van der Waals surface area (Å²) in [6.45, 7) is 0. The van der Waals surface area contributed by atoms with Crippen LogP contribution in [0.2, 0.25) is 0 Å². The van der Waals surface area contributed by atoms with Crippen LogP contribution >= 0.6 is 11.8 Å². The third-order valence-electron chi connectivity index (χ3n) is 4.00. The van der Waals surface area contributed by atoms with Gasteiger partial charge >= 0.3 is 0 Å². The van der Waals surface area contributed by atoms with E-state index in [0.717, 1.165) is 32.8 Å². The van der Waals surface area contributed by atoms with Gasteiger partial charge in [-0.2, -0.15) is 5.10 Å². The molecule has 26 heavy (non-hydrogen) atoms. The zero-order chi connectivity index (χ0) is 17.3. The Labute approximate surface area is 152 Å². The lowest BCUT2D eigenvalue weighted by Gasteiger charge is -2.03. The Balaban J connectivity index is 1.46. The largest absolute Gasteiger partial charge is 0.440 e. The molecule has 6 nitrogen and oxygen atoms in total. The van der Waals surface area contributed by atoms with E-state index >= 15 is 0 Å². The lowest BCUT2D eigenvalue weighted by molar-refractivity contribution is 0.556. The molecule has 3 aromatic heterocycles. The van der Waals surface area contributed by atoms with Gasteiger partial charge in [-0.25, -0.2) is 19.6 Å². The van der Waals surface area contributed by atoms with Gasteiger partial charge in [0.2, 0.25) is 5.89 Å². The topological polar surface area (TPSA) is 69.6 Å². The summed E-state index contributed by atoms with van der Waals surface area (Å²) in [5, 5.41) is 6.25. The number of hydrogen-bond acceptors (Lipinski definition) is 6. The highest BCUT2D eigenvalue weighted by Gasteiger charge is 2.13. The van der Waals surface area contributed by atoms with Gasteiger partial charge < -0.3 is 4.42 Å². The molecule has 0 N–H and O–H groups in total. The van der Waals surface area contributed by atoms with Crippen molar-refractivity contribution in [1.29, 1.82) is 0 Å². The van der Waals surface area contributed by atoms with Crippen molar-refractivity contribution in [2.24, 2.45) is 0 Å². The summed E-state index contributed by atoms with van der Waals surface area (Å²) in [7, 11) is 0. The van der Waals surface area contributed by atoms with Crippen molar-refractivity contribution in [3.63, 3.8) is 0 Å². The van der Waals surface area contributed by atoms with Crippen LogP contribution in [0.3, 0.4) is 0 Å². The maximum atomic E-state index is 5.78. The van der Waals surface area contributed by atoms with Crippen LogP contribution < -0.4 is 0 Å². The molecule has 2 aromatic carbocycles. The molecule has 7 heteroatoms. The summed E-state index contributed by atoms with van der Waals surface area (Å²) in [5.74, 6) is 1.27. The van der Waals surface area contributed by atoms with Crippen LogP contribution in [0.15, 0.2) is 76.6 Å². The molecule has 0 bridgehead atoms. The molecule has 0 aliphatic carbocycles. The molecule has 126 valence electrons. The molecule has 0 spiro atoms. The van der Waals surface area contributed by atoms with E-state index in [2.05, 4.69) is 20.1 Å². The second kappa shape index (κ2) is 6.27. The zero-order valence-corrected chi connectivity index (χ0v) is 14.4. The van der Waals surface area contributed by atoms with Gasteiger partial charge in [0.25, 0.3) is 0 Å². The maximum Gasteiger partial charge on any atom is 0.205 e. The van der Waals surface area contributed by atoms with Gasteiger partial charge in [-0.15, -0.1) is 0 Å². The van der Waals surface area contributed by atoms with Crippen molar-refractivity contribution in [2.75, 3.05) is 0 Å². The van der Waals surface area contributed by atoms with Crippen molar-refractivity contribution in [2.45, 2.75) is 10.8 Å². The van der Waals surface area contributed by atoms with Gasteiger partial charge in [0.15, 0.2) is 11.2 Å². The fraction of sp³-hybridized carbons (Fsp3) is 0.0526. The van der Waals surface area contributed by atoms with Crippen LogP contribution in [-0.2, 0) is 5.75 Å². The number of thioether (sulfide) groups is 1. The van der Waals surface area contributed by atoms with E-state index in [1.54, 1.807) is 24.3 Å². The van der Waals surface area contributed by atoms with Crippen molar-refractivity contribution in [3.8, 4) is 5.69 Å². The molecular formula is C19H13N5OS. The number of nitrogens with zero attached hydrogens (tertiary/aromatic N) is 5. The van der Waals surface area contributed by atoms with E-state index < -0.39 is 0 Å². The smallest absolute Gasteiger partial charge is 0.205 e. The van der Waals surface area contributed by atoms with Crippen LogP contribution in [0.1, 0.15) is 5.89 Å². The number of aromatic nitrogens is 5. The fourth-order valence-electron chi connectivity index (χ4n) is 2.81. The molecule has 0 radical (unpaired) electrons. The molecule has 0 unspecified atom stereocenters. The zero-order valence-electron chi connectivity index (χ0n) is 13.6. The lowest BCUT2D eigenvalue weighted by Crippen LogP contribution is -1.97. The summed E-state index contributed by atoms with van der Waals surface area (Å²) in [6.07, 6.45) is 3.37. The Bertz CT molecular complexity index is 1170. The van der Waals surface area contributed by atoms with Gasteiger partial charge in [-0.1, -0.05) is 42.1 Å². The molecule has 0 atom stereocenters. The molecule has 5 rings (SSSR count). The number of benzene rings is 2. The Hall–Kier alpha value is -3.19. The molecule has 0 saturated carbocycles. The van der Waals surface area contributed by atoms with Crippen LogP contribution in [0.4, 0.5) is 0 Å². The molecule has 3 heterocycles. The average molecular weight is 359 g/mol. The quantitative estimate of drug-likeness (QED) is 0.353. The van der Waals surface area contributed by atoms with E-state index in [4.69, 9.17) is 4.42 Å². The van der Waals surface area contributed by atoms with Gasteiger partial charge in [0.1, 0.15) is 16.9 Å². The highest BCUT2D eigenvalue weighted by molar-refractivity contribution is 7.98. The normalized spacial score (nSPS) is 11.4.